The predicted molar refractivity (Wildman–Crippen MR) is 144 cm³/mol. The van der Waals surface area contributed by atoms with Crippen molar-refractivity contribution in [1.29, 1.82) is 0 Å². The topological polar surface area (TPSA) is 82.4 Å². The first-order valence-electron chi connectivity index (χ1n) is 11.9. The number of aromatic nitrogens is 2. The Labute approximate surface area is 215 Å². The fourth-order valence-electron chi connectivity index (χ4n) is 4.64. The zero-order valence-corrected chi connectivity index (χ0v) is 20.4. The molecule has 7 nitrogen and oxygen atoms in total. The number of anilines is 1. The lowest BCUT2D eigenvalue weighted by Crippen LogP contribution is -2.32. The molecule has 1 aliphatic heterocycles. The lowest BCUT2D eigenvalue weighted by atomic mass is 10.0. The van der Waals surface area contributed by atoms with Gasteiger partial charge in [0.2, 0.25) is 0 Å². The van der Waals surface area contributed by atoms with E-state index in [-0.39, 0.29) is 17.6 Å². The van der Waals surface area contributed by atoms with E-state index in [1.54, 1.807) is 18.3 Å². The zero-order valence-electron chi connectivity index (χ0n) is 19.6. The summed E-state index contributed by atoms with van der Waals surface area (Å²) in [4.78, 5) is 18.2. The van der Waals surface area contributed by atoms with Crippen molar-refractivity contribution in [3.8, 4) is 5.69 Å². The minimum Gasteiger partial charge on any atom is -0.478 e. The number of nitrogens with one attached hydrogen (secondary N) is 2. The average Bonchev–Trinajstić information content (AvgIpc) is 3.52. The number of nitrogens with zero attached hydrogens (tertiary/aromatic N) is 3. The molecule has 36 heavy (non-hydrogen) atoms. The Bertz CT molecular complexity index is 1330. The van der Waals surface area contributed by atoms with Crippen molar-refractivity contribution in [2.75, 3.05) is 18.4 Å². The molecular weight excluding hydrogens is 470 g/mol. The number of aromatic carboxylic acids is 1. The maximum absolute atomic E-state index is 11.3. The molecule has 0 radical (unpaired) electrons. The van der Waals surface area contributed by atoms with Crippen LogP contribution >= 0.6 is 12.2 Å². The number of pyridine rings is 1. The summed E-state index contributed by atoms with van der Waals surface area (Å²) in [5.74, 6) is -0.940. The average molecular weight is 498 g/mol. The third-order valence-electron chi connectivity index (χ3n) is 6.35. The largest absolute Gasteiger partial charge is 0.478 e. The van der Waals surface area contributed by atoms with Gasteiger partial charge in [-0.25, -0.2) is 4.79 Å². The van der Waals surface area contributed by atoms with Gasteiger partial charge in [-0.3, -0.25) is 4.98 Å². The Hall–Kier alpha value is -4.17. The molecule has 0 unspecified atom stereocenters. The summed E-state index contributed by atoms with van der Waals surface area (Å²) in [6.45, 7) is 1.59. The van der Waals surface area contributed by atoms with E-state index in [4.69, 9.17) is 12.2 Å². The van der Waals surface area contributed by atoms with E-state index < -0.39 is 5.97 Å². The van der Waals surface area contributed by atoms with E-state index in [1.807, 2.05) is 60.8 Å². The highest BCUT2D eigenvalue weighted by atomic mass is 32.1. The fourth-order valence-corrected chi connectivity index (χ4v) is 4.97. The summed E-state index contributed by atoms with van der Waals surface area (Å²) in [7, 11) is 0. The van der Waals surface area contributed by atoms with Crippen LogP contribution in [0.25, 0.3) is 5.69 Å². The quantitative estimate of drug-likeness (QED) is 0.221. The monoisotopic (exact) mass is 497 g/mol. The van der Waals surface area contributed by atoms with Crippen LogP contribution in [0.4, 0.5) is 5.69 Å². The molecule has 8 heteroatoms. The second kappa shape index (κ2) is 10.6. The summed E-state index contributed by atoms with van der Waals surface area (Å²) in [6.07, 6.45) is 4.69. The second-order valence-corrected chi connectivity index (χ2v) is 9.01. The third-order valence-corrected chi connectivity index (χ3v) is 6.70. The van der Waals surface area contributed by atoms with Gasteiger partial charge in [0.05, 0.1) is 23.3 Å². The van der Waals surface area contributed by atoms with Crippen LogP contribution in [0.15, 0.2) is 97.3 Å². The molecule has 0 bridgehead atoms. The van der Waals surface area contributed by atoms with Crippen molar-refractivity contribution in [3.63, 3.8) is 0 Å². The second-order valence-electron chi connectivity index (χ2n) is 8.62. The molecule has 2 aromatic heterocycles. The van der Waals surface area contributed by atoms with Crippen LogP contribution in [-0.2, 0) is 0 Å². The van der Waals surface area contributed by atoms with Gasteiger partial charge in [-0.2, -0.15) is 0 Å². The van der Waals surface area contributed by atoms with Crippen LogP contribution in [0.1, 0.15) is 40.3 Å². The molecule has 1 fully saturated rings. The normalized spacial score (nSPS) is 17.1. The number of thiocarbonyl (C=S) groups is 1. The van der Waals surface area contributed by atoms with Crippen molar-refractivity contribution < 1.29 is 9.90 Å². The SMILES string of the molecule is O=C(O)c1ccc(-n2cccc2[C@H]2[C@@H](c3ccccn3)NC(=S)N2CCCNc2ccccc2)cc1. The molecule has 4 aromatic rings. The molecule has 0 amide bonds. The van der Waals surface area contributed by atoms with Gasteiger partial charge in [0.25, 0.3) is 0 Å². The standard InChI is InChI=1S/C28H27N5O2S/c34-27(35)20-12-14-22(15-13-20)32-18-6-11-24(32)26-25(23-10-4-5-16-30-23)31-28(36)33(26)19-7-17-29-21-8-2-1-3-9-21/h1-6,8-16,18,25-26,29H,7,17,19H2,(H,31,36)(H,34,35)/t25-,26+/m1/s1. The van der Waals surface area contributed by atoms with Gasteiger partial charge >= 0.3 is 5.97 Å². The zero-order chi connectivity index (χ0) is 24.9. The Balaban J connectivity index is 1.42. The van der Waals surface area contributed by atoms with Crippen LogP contribution in [0.3, 0.4) is 0 Å². The summed E-state index contributed by atoms with van der Waals surface area (Å²) >= 11 is 5.81. The van der Waals surface area contributed by atoms with Crippen LogP contribution in [0, 0.1) is 0 Å². The number of carboxylic acids is 1. The first-order chi connectivity index (χ1) is 17.6. The maximum Gasteiger partial charge on any atom is 0.335 e. The molecule has 5 rings (SSSR count). The summed E-state index contributed by atoms with van der Waals surface area (Å²) < 4.78 is 2.09. The lowest BCUT2D eigenvalue weighted by molar-refractivity contribution is 0.0697. The predicted octanol–water partition coefficient (Wildman–Crippen LogP) is 5.05. The van der Waals surface area contributed by atoms with Gasteiger partial charge in [-0.1, -0.05) is 24.3 Å². The molecule has 1 saturated heterocycles. The number of rotatable bonds is 9. The van der Waals surface area contributed by atoms with E-state index in [2.05, 4.69) is 43.3 Å². The highest BCUT2D eigenvalue weighted by Gasteiger charge is 2.40. The molecule has 2 atom stereocenters. The van der Waals surface area contributed by atoms with Gasteiger partial charge in [-0.05, 0) is 79.3 Å². The fraction of sp³-hybridized carbons (Fsp3) is 0.179. The van der Waals surface area contributed by atoms with E-state index in [0.29, 0.717) is 5.11 Å². The van der Waals surface area contributed by atoms with Gasteiger partial charge in [0.15, 0.2) is 5.11 Å². The number of hydrogen-bond donors (Lipinski definition) is 3. The number of carboxylic acid groups (broad SMARTS) is 1. The van der Waals surface area contributed by atoms with Gasteiger partial charge in [-0.15, -0.1) is 0 Å². The van der Waals surface area contributed by atoms with E-state index in [0.717, 1.165) is 42.3 Å². The van der Waals surface area contributed by atoms with Crippen molar-refractivity contribution in [2.24, 2.45) is 0 Å². The number of benzene rings is 2. The summed E-state index contributed by atoms with van der Waals surface area (Å²) in [5.41, 5.74) is 4.22. The first kappa shape index (κ1) is 23.6. The van der Waals surface area contributed by atoms with Gasteiger partial charge in [0.1, 0.15) is 0 Å². The summed E-state index contributed by atoms with van der Waals surface area (Å²) in [6, 6.07) is 26.9. The maximum atomic E-state index is 11.3. The number of carbonyl (C=O) groups is 1. The minimum absolute atomic E-state index is 0.0849. The van der Waals surface area contributed by atoms with Crippen molar-refractivity contribution in [3.05, 3.63) is 114 Å². The van der Waals surface area contributed by atoms with Gasteiger partial charge < -0.3 is 25.2 Å². The molecule has 0 aliphatic carbocycles. The van der Waals surface area contributed by atoms with E-state index in [9.17, 15) is 9.90 Å². The Morgan fingerprint density at radius 2 is 1.78 bits per heavy atom. The molecule has 2 aromatic carbocycles. The number of hydrogen-bond acceptors (Lipinski definition) is 4. The van der Waals surface area contributed by atoms with Crippen LogP contribution < -0.4 is 10.6 Å². The highest BCUT2D eigenvalue weighted by Crippen LogP contribution is 2.39. The molecule has 0 saturated carbocycles. The van der Waals surface area contributed by atoms with Crippen LogP contribution in [0.5, 0.6) is 0 Å². The van der Waals surface area contributed by atoms with Crippen LogP contribution in [0.2, 0.25) is 0 Å². The van der Waals surface area contributed by atoms with Crippen molar-refractivity contribution in [2.45, 2.75) is 18.5 Å². The Morgan fingerprint density at radius 1 is 1.00 bits per heavy atom. The number of para-hydroxylation sites is 1. The van der Waals surface area contributed by atoms with Crippen LogP contribution in [-0.4, -0.2) is 43.7 Å². The first-order valence-corrected chi connectivity index (χ1v) is 12.3. The van der Waals surface area contributed by atoms with E-state index >= 15 is 0 Å². The van der Waals surface area contributed by atoms with Gasteiger partial charge in [0, 0.05) is 42.6 Å². The minimum atomic E-state index is -0.940. The molecule has 182 valence electrons. The molecular formula is C28H27N5O2S. The van der Waals surface area contributed by atoms with Crippen molar-refractivity contribution in [1.82, 2.24) is 19.8 Å². The van der Waals surface area contributed by atoms with Crippen molar-refractivity contribution >= 4 is 29.0 Å². The molecule has 1 aliphatic rings. The lowest BCUT2D eigenvalue weighted by Gasteiger charge is -2.29. The molecule has 3 N–H and O–H groups in total. The molecule has 3 heterocycles. The summed E-state index contributed by atoms with van der Waals surface area (Å²) in [5, 5.41) is 17.0. The Morgan fingerprint density at radius 3 is 2.50 bits per heavy atom. The van der Waals surface area contributed by atoms with E-state index in [1.165, 1.54) is 0 Å². The smallest absolute Gasteiger partial charge is 0.335 e. The molecule has 0 spiro atoms. The highest BCUT2D eigenvalue weighted by molar-refractivity contribution is 7.80. The Kier molecular flexibility index (Phi) is 6.95. The third kappa shape index (κ3) is 4.94.